The Bertz CT molecular complexity index is 732. The van der Waals surface area contributed by atoms with Gasteiger partial charge in [-0.05, 0) is 29.8 Å². The van der Waals surface area contributed by atoms with Crippen molar-refractivity contribution in [1.82, 2.24) is 4.98 Å². The summed E-state index contributed by atoms with van der Waals surface area (Å²) in [6, 6.07) is 7.81. The first-order chi connectivity index (χ1) is 9.96. The molecule has 0 unspecified atom stereocenters. The maximum atomic E-state index is 12.3. The summed E-state index contributed by atoms with van der Waals surface area (Å²) in [5, 5.41) is 8.80. The van der Waals surface area contributed by atoms with Gasteiger partial charge in [0, 0.05) is 10.7 Å². The standard InChI is InChI=1S/C13H13BrN2O4S/c1-20-12-4-3-10(14)6-11(12)16-21(18,19)13-5-2-9(8-17)7-15-13/h2-7,16-17H,8H2,1H3. The molecule has 0 spiro atoms. The van der Waals surface area contributed by atoms with Crippen molar-refractivity contribution in [2.75, 3.05) is 11.8 Å². The van der Waals surface area contributed by atoms with Gasteiger partial charge < -0.3 is 9.84 Å². The van der Waals surface area contributed by atoms with Gasteiger partial charge in [-0.15, -0.1) is 0 Å². The van der Waals surface area contributed by atoms with Crippen LogP contribution in [0.25, 0.3) is 0 Å². The molecule has 6 nitrogen and oxygen atoms in total. The summed E-state index contributed by atoms with van der Waals surface area (Å²) in [4.78, 5) is 3.83. The molecule has 2 N–H and O–H groups in total. The fourth-order valence-electron chi connectivity index (χ4n) is 1.62. The van der Waals surface area contributed by atoms with Crippen molar-refractivity contribution in [3.05, 3.63) is 46.6 Å². The molecule has 0 radical (unpaired) electrons. The molecule has 0 saturated carbocycles. The highest BCUT2D eigenvalue weighted by atomic mass is 79.9. The largest absolute Gasteiger partial charge is 0.495 e. The number of aliphatic hydroxyl groups excluding tert-OH is 1. The number of benzene rings is 1. The van der Waals surface area contributed by atoms with Crippen LogP contribution in [0.15, 0.2) is 46.0 Å². The third kappa shape index (κ3) is 3.72. The van der Waals surface area contributed by atoms with Gasteiger partial charge >= 0.3 is 0 Å². The Kier molecular flexibility index (Phi) is 4.81. The Morgan fingerprint density at radius 3 is 2.67 bits per heavy atom. The van der Waals surface area contributed by atoms with Gasteiger partial charge in [-0.3, -0.25) is 4.72 Å². The number of halogens is 1. The Balaban J connectivity index is 2.34. The molecule has 0 aliphatic rings. The molecule has 0 atom stereocenters. The first kappa shape index (κ1) is 15.7. The minimum absolute atomic E-state index is 0.137. The number of hydrogen-bond donors (Lipinski definition) is 2. The number of aromatic nitrogens is 1. The number of anilines is 1. The maximum Gasteiger partial charge on any atom is 0.279 e. The molecule has 0 aliphatic heterocycles. The van der Waals surface area contributed by atoms with Crippen LogP contribution >= 0.6 is 15.9 Å². The van der Waals surface area contributed by atoms with Crippen LogP contribution in [0, 0.1) is 0 Å². The van der Waals surface area contributed by atoms with Crippen molar-refractivity contribution in [1.29, 1.82) is 0 Å². The molecule has 0 saturated heterocycles. The topological polar surface area (TPSA) is 88.5 Å². The summed E-state index contributed by atoms with van der Waals surface area (Å²) in [6.07, 6.45) is 1.31. The van der Waals surface area contributed by atoms with E-state index < -0.39 is 10.0 Å². The summed E-state index contributed by atoms with van der Waals surface area (Å²) in [5.74, 6) is 0.397. The monoisotopic (exact) mass is 372 g/mol. The summed E-state index contributed by atoms with van der Waals surface area (Å²) >= 11 is 3.27. The number of sulfonamides is 1. The average molecular weight is 373 g/mol. The van der Waals surface area contributed by atoms with Gasteiger partial charge in [0.05, 0.1) is 19.4 Å². The second-order valence-electron chi connectivity index (χ2n) is 4.11. The lowest BCUT2D eigenvalue weighted by Crippen LogP contribution is -2.15. The van der Waals surface area contributed by atoms with E-state index >= 15 is 0 Å². The van der Waals surface area contributed by atoms with E-state index in [0.717, 1.165) is 0 Å². The van der Waals surface area contributed by atoms with Gasteiger partial charge in [0.25, 0.3) is 10.0 Å². The molecule has 8 heteroatoms. The second kappa shape index (κ2) is 6.42. The quantitative estimate of drug-likeness (QED) is 0.839. The zero-order valence-electron chi connectivity index (χ0n) is 11.1. The lowest BCUT2D eigenvalue weighted by molar-refractivity contribution is 0.281. The zero-order chi connectivity index (χ0) is 15.5. The molecule has 0 fully saturated rings. The third-order valence-electron chi connectivity index (χ3n) is 2.66. The molecule has 112 valence electrons. The lowest BCUT2D eigenvalue weighted by Gasteiger charge is -2.12. The van der Waals surface area contributed by atoms with Crippen LogP contribution in [0.4, 0.5) is 5.69 Å². The van der Waals surface area contributed by atoms with E-state index in [1.54, 1.807) is 18.2 Å². The highest BCUT2D eigenvalue weighted by Gasteiger charge is 2.18. The van der Waals surface area contributed by atoms with Crippen molar-refractivity contribution in [2.24, 2.45) is 0 Å². The highest BCUT2D eigenvalue weighted by Crippen LogP contribution is 2.29. The minimum atomic E-state index is -3.83. The normalized spacial score (nSPS) is 11.2. The summed E-state index contributed by atoms with van der Waals surface area (Å²) in [7, 11) is -2.38. The maximum absolute atomic E-state index is 12.3. The molecule has 2 aromatic rings. The van der Waals surface area contributed by atoms with Crippen LogP contribution in [0.3, 0.4) is 0 Å². The SMILES string of the molecule is COc1ccc(Br)cc1NS(=O)(=O)c1ccc(CO)cn1. The molecule has 1 heterocycles. The molecular weight excluding hydrogens is 360 g/mol. The van der Waals surface area contributed by atoms with Gasteiger partial charge in [-0.1, -0.05) is 22.0 Å². The molecule has 0 aliphatic carbocycles. The number of pyridine rings is 1. The predicted octanol–water partition coefficient (Wildman–Crippen LogP) is 2.15. The Hall–Kier alpha value is -1.64. The molecule has 2 rings (SSSR count). The zero-order valence-corrected chi connectivity index (χ0v) is 13.5. The van der Waals surface area contributed by atoms with Crippen molar-refractivity contribution in [2.45, 2.75) is 11.6 Å². The van der Waals surface area contributed by atoms with Crippen LogP contribution < -0.4 is 9.46 Å². The van der Waals surface area contributed by atoms with Gasteiger partial charge in [0.2, 0.25) is 0 Å². The van der Waals surface area contributed by atoms with Crippen LogP contribution in [-0.2, 0) is 16.6 Å². The number of nitrogens with zero attached hydrogens (tertiary/aromatic N) is 1. The Labute approximate surface area is 131 Å². The summed E-state index contributed by atoms with van der Waals surface area (Å²) in [6.45, 7) is -0.194. The molecule has 21 heavy (non-hydrogen) atoms. The fraction of sp³-hybridized carbons (Fsp3) is 0.154. The van der Waals surface area contributed by atoms with Crippen molar-refractivity contribution in [3.63, 3.8) is 0 Å². The number of methoxy groups -OCH3 is 1. The van der Waals surface area contributed by atoms with Crippen LogP contribution in [-0.4, -0.2) is 25.6 Å². The van der Waals surface area contributed by atoms with Crippen molar-refractivity contribution in [3.8, 4) is 5.75 Å². The summed E-state index contributed by atoms with van der Waals surface area (Å²) < 4.78 is 32.8. The van der Waals surface area contributed by atoms with E-state index in [0.29, 0.717) is 21.5 Å². The molecule has 0 amide bonds. The highest BCUT2D eigenvalue weighted by molar-refractivity contribution is 9.10. The van der Waals surface area contributed by atoms with Gasteiger partial charge in [-0.25, -0.2) is 4.98 Å². The summed E-state index contributed by atoms with van der Waals surface area (Å²) in [5.41, 5.74) is 0.842. The van der Waals surface area contributed by atoms with Crippen LogP contribution in [0.1, 0.15) is 5.56 Å². The van der Waals surface area contributed by atoms with E-state index in [9.17, 15) is 8.42 Å². The molecular formula is C13H13BrN2O4S. The van der Waals surface area contributed by atoms with E-state index in [4.69, 9.17) is 9.84 Å². The second-order valence-corrected chi connectivity index (χ2v) is 6.66. The molecule has 1 aromatic heterocycles. The number of rotatable bonds is 5. The molecule has 0 bridgehead atoms. The van der Waals surface area contributed by atoms with E-state index in [1.165, 1.54) is 25.4 Å². The average Bonchev–Trinajstić information content (AvgIpc) is 2.47. The molecule has 1 aromatic carbocycles. The number of aliphatic hydroxyl groups is 1. The third-order valence-corrected chi connectivity index (χ3v) is 4.44. The Morgan fingerprint density at radius 1 is 1.33 bits per heavy atom. The van der Waals surface area contributed by atoms with E-state index in [-0.39, 0.29) is 11.6 Å². The van der Waals surface area contributed by atoms with Gasteiger partial charge in [-0.2, -0.15) is 8.42 Å². The van der Waals surface area contributed by atoms with Crippen LogP contribution in [0.5, 0.6) is 5.75 Å². The van der Waals surface area contributed by atoms with Gasteiger partial charge in [0.15, 0.2) is 5.03 Å². The van der Waals surface area contributed by atoms with E-state index in [2.05, 4.69) is 25.6 Å². The van der Waals surface area contributed by atoms with E-state index in [1.807, 2.05) is 0 Å². The number of nitrogens with one attached hydrogen (secondary N) is 1. The first-order valence-electron chi connectivity index (χ1n) is 5.88. The van der Waals surface area contributed by atoms with Crippen LogP contribution in [0.2, 0.25) is 0 Å². The minimum Gasteiger partial charge on any atom is -0.495 e. The first-order valence-corrected chi connectivity index (χ1v) is 8.16. The number of hydrogen-bond acceptors (Lipinski definition) is 5. The smallest absolute Gasteiger partial charge is 0.279 e. The lowest BCUT2D eigenvalue weighted by atomic mass is 10.3. The van der Waals surface area contributed by atoms with Crippen molar-refractivity contribution >= 4 is 31.6 Å². The fourth-order valence-corrected chi connectivity index (χ4v) is 2.97. The Morgan fingerprint density at radius 2 is 2.10 bits per heavy atom. The predicted molar refractivity (Wildman–Crippen MR) is 81.7 cm³/mol. The van der Waals surface area contributed by atoms with Gasteiger partial charge in [0.1, 0.15) is 5.75 Å². The number of ether oxygens (including phenoxy) is 1. The van der Waals surface area contributed by atoms with Crippen molar-refractivity contribution < 1.29 is 18.3 Å².